The minimum absolute atomic E-state index is 0.151. The highest BCUT2D eigenvalue weighted by Crippen LogP contribution is 2.23. The Morgan fingerprint density at radius 2 is 2.19 bits per heavy atom. The van der Waals surface area contributed by atoms with Crippen molar-refractivity contribution in [2.24, 2.45) is 5.92 Å². The van der Waals surface area contributed by atoms with Crippen molar-refractivity contribution in [2.75, 3.05) is 11.5 Å². The first kappa shape index (κ1) is 11.3. The largest absolute Gasteiger partial charge is 0.508 e. The lowest BCUT2D eigenvalue weighted by atomic mass is 10.1. The zero-order valence-corrected chi connectivity index (χ0v) is 9.80. The van der Waals surface area contributed by atoms with Gasteiger partial charge in [-0.2, -0.15) is 11.8 Å². The van der Waals surface area contributed by atoms with E-state index in [-0.39, 0.29) is 17.6 Å². The van der Waals surface area contributed by atoms with Crippen molar-refractivity contribution in [3.05, 3.63) is 29.8 Å². The molecular formula is C12H15NO2S. The number of aromatic hydroxyl groups is 1. The molecular weight excluding hydrogens is 222 g/mol. The number of amides is 1. The Kier molecular flexibility index (Phi) is 3.72. The van der Waals surface area contributed by atoms with E-state index in [4.69, 9.17) is 5.11 Å². The van der Waals surface area contributed by atoms with E-state index < -0.39 is 0 Å². The molecule has 0 spiro atoms. The maximum absolute atomic E-state index is 11.7. The second-order valence-electron chi connectivity index (χ2n) is 3.94. The molecule has 3 nitrogen and oxygen atoms in total. The molecule has 2 rings (SSSR count). The lowest BCUT2D eigenvalue weighted by Gasteiger charge is -2.09. The Morgan fingerprint density at radius 1 is 1.44 bits per heavy atom. The molecule has 1 saturated heterocycles. The summed E-state index contributed by atoms with van der Waals surface area (Å²) in [6, 6.07) is 6.90. The number of benzene rings is 1. The number of nitrogens with one attached hydrogen (secondary N) is 1. The minimum atomic E-state index is 0.151. The topological polar surface area (TPSA) is 49.3 Å². The molecule has 2 N–H and O–H groups in total. The Bertz CT molecular complexity index is 358. The molecule has 1 amide bonds. The fourth-order valence-corrected chi connectivity index (χ4v) is 2.91. The summed E-state index contributed by atoms with van der Waals surface area (Å²) in [6.07, 6.45) is 0.992. The van der Waals surface area contributed by atoms with E-state index in [0.717, 1.165) is 23.5 Å². The summed E-state index contributed by atoms with van der Waals surface area (Å²) in [5, 5.41) is 12.0. The number of phenolic OH excluding ortho intramolecular Hbond substituents is 1. The summed E-state index contributed by atoms with van der Waals surface area (Å²) < 4.78 is 0. The summed E-state index contributed by atoms with van der Waals surface area (Å²) in [4.78, 5) is 11.7. The highest BCUT2D eigenvalue weighted by Gasteiger charge is 2.22. The molecule has 1 fully saturated rings. The van der Waals surface area contributed by atoms with Crippen LogP contribution in [0, 0.1) is 5.92 Å². The SMILES string of the molecule is O=C(NCc1ccc(O)cc1)C1CCSC1. The number of hydrogen-bond acceptors (Lipinski definition) is 3. The summed E-state index contributed by atoms with van der Waals surface area (Å²) in [6.45, 7) is 0.542. The van der Waals surface area contributed by atoms with Crippen LogP contribution in [0.25, 0.3) is 0 Å². The molecule has 0 aliphatic carbocycles. The zero-order chi connectivity index (χ0) is 11.4. The average Bonchev–Trinajstić information content (AvgIpc) is 2.81. The van der Waals surface area contributed by atoms with E-state index in [0.29, 0.717) is 6.54 Å². The van der Waals surface area contributed by atoms with Gasteiger partial charge in [-0.3, -0.25) is 4.79 Å². The second-order valence-corrected chi connectivity index (χ2v) is 5.09. The third-order valence-corrected chi connectivity index (χ3v) is 3.87. The van der Waals surface area contributed by atoms with Gasteiger partial charge in [0.1, 0.15) is 5.75 Å². The Morgan fingerprint density at radius 3 is 2.81 bits per heavy atom. The van der Waals surface area contributed by atoms with Gasteiger partial charge < -0.3 is 10.4 Å². The number of rotatable bonds is 3. The standard InChI is InChI=1S/C12H15NO2S/c14-11-3-1-9(2-4-11)7-13-12(15)10-5-6-16-8-10/h1-4,10,14H,5-8H2,(H,13,15). The summed E-state index contributed by atoms with van der Waals surface area (Å²) in [5.74, 6) is 2.63. The van der Waals surface area contributed by atoms with Crippen LogP contribution in [0.3, 0.4) is 0 Å². The third-order valence-electron chi connectivity index (χ3n) is 2.70. The van der Waals surface area contributed by atoms with Gasteiger partial charge in [0.2, 0.25) is 5.91 Å². The van der Waals surface area contributed by atoms with Crippen LogP contribution in [-0.4, -0.2) is 22.5 Å². The molecule has 0 saturated carbocycles. The Hall–Kier alpha value is -1.16. The van der Waals surface area contributed by atoms with Crippen LogP contribution in [-0.2, 0) is 11.3 Å². The molecule has 4 heteroatoms. The van der Waals surface area contributed by atoms with Crippen molar-refractivity contribution in [2.45, 2.75) is 13.0 Å². The molecule has 0 aromatic heterocycles. The van der Waals surface area contributed by atoms with E-state index in [9.17, 15) is 4.79 Å². The highest BCUT2D eigenvalue weighted by atomic mass is 32.2. The molecule has 1 atom stereocenters. The normalized spacial score (nSPS) is 19.6. The fraction of sp³-hybridized carbons (Fsp3) is 0.417. The minimum Gasteiger partial charge on any atom is -0.508 e. The van der Waals surface area contributed by atoms with E-state index in [1.807, 2.05) is 23.9 Å². The van der Waals surface area contributed by atoms with Crippen molar-refractivity contribution in [1.82, 2.24) is 5.32 Å². The first-order valence-electron chi connectivity index (χ1n) is 5.39. The van der Waals surface area contributed by atoms with E-state index in [1.54, 1.807) is 12.1 Å². The van der Waals surface area contributed by atoms with Gasteiger partial charge in [-0.25, -0.2) is 0 Å². The van der Waals surface area contributed by atoms with E-state index in [2.05, 4.69) is 5.32 Å². The van der Waals surface area contributed by atoms with Gasteiger partial charge in [-0.15, -0.1) is 0 Å². The molecule has 1 aromatic carbocycles. The van der Waals surface area contributed by atoms with Gasteiger partial charge >= 0.3 is 0 Å². The predicted molar refractivity (Wildman–Crippen MR) is 65.4 cm³/mol. The molecule has 16 heavy (non-hydrogen) atoms. The quantitative estimate of drug-likeness (QED) is 0.842. The smallest absolute Gasteiger partial charge is 0.224 e. The fourth-order valence-electron chi connectivity index (χ4n) is 1.69. The van der Waals surface area contributed by atoms with Crippen LogP contribution >= 0.6 is 11.8 Å². The van der Waals surface area contributed by atoms with Crippen LogP contribution in [0.5, 0.6) is 5.75 Å². The molecule has 1 unspecified atom stereocenters. The van der Waals surface area contributed by atoms with Crippen LogP contribution in [0.1, 0.15) is 12.0 Å². The van der Waals surface area contributed by atoms with Crippen LogP contribution in [0.2, 0.25) is 0 Å². The monoisotopic (exact) mass is 237 g/mol. The van der Waals surface area contributed by atoms with Crippen molar-refractivity contribution in [3.8, 4) is 5.75 Å². The molecule has 1 aromatic rings. The number of thioether (sulfide) groups is 1. The number of phenols is 1. The highest BCUT2D eigenvalue weighted by molar-refractivity contribution is 7.99. The third kappa shape index (κ3) is 2.92. The number of hydrogen-bond donors (Lipinski definition) is 2. The van der Waals surface area contributed by atoms with Gasteiger partial charge in [0, 0.05) is 18.2 Å². The van der Waals surface area contributed by atoms with Crippen LogP contribution in [0.15, 0.2) is 24.3 Å². The summed E-state index contributed by atoms with van der Waals surface area (Å²) in [7, 11) is 0. The first-order chi connectivity index (χ1) is 7.75. The van der Waals surface area contributed by atoms with Crippen molar-refractivity contribution in [3.63, 3.8) is 0 Å². The van der Waals surface area contributed by atoms with Crippen molar-refractivity contribution < 1.29 is 9.90 Å². The lowest BCUT2D eigenvalue weighted by Crippen LogP contribution is -2.30. The van der Waals surface area contributed by atoms with Gasteiger partial charge in [-0.1, -0.05) is 12.1 Å². The second kappa shape index (κ2) is 5.25. The van der Waals surface area contributed by atoms with Gasteiger partial charge in [0.15, 0.2) is 0 Å². The predicted octanol–water partition coefficient (Wildman–Crippen LogP) is 1.76. The van der Waals surface area contributed by atoms with Crippen molar-refractivity contribution in [1.29, 1.82) is 0 Å². The van der Waals surface area contributed by atoms with E-state index in [1.165, 1.54) is 0 Å². The Labute approximate surface area is 99.2 Å². The van der Waals surface area contributed by atoms with Crippen LogP contribution in [0.4, 0.5) is 0 Å². The molecule has 1 aliphatic heterocycles. The summed E-state index contributed by atoms with van der Waals surface area (Å²) in [5.41, 5.74) is 1.01. The molecule has 86 valence electrons. The maximum atomic E-state index is 11.7. The van der Waals surface area contributed by atoms with Gasteiger partial charge in [-0.05, 0) is 29.9 Å². The number of carbonyl (C=O) groups excluding carboxylic acids is 1. The van der Waals surface area contributed by atoms with Crippen molar-refractivity contribution >= 4 is 17.7 Å². The van der Waals surface area contributed by atoms with Gasteiger partial charge in [0.25, 0.3) is 0 Å². The number of carbonyl (C=O) groups is 1. The van der Waals surface area contributed by atoms with Crippen LogP contribution < -0.4 is 5.32 Å². The van der Waals surface area contributed by atoms with E-state index >= 15 is 0 Å². The van der Waals surface area contributed by atoms with Gasteiger partial charge in [0.05, 0.1) is 0 Å². The molecule has 0 radical (unpaired) electrons. The molecule has 1 heterocycles. The average molecular weight is 237 g/mol. The lowest BCUT2D eigenvalue weighted by molar-refractivity contribution is -0.124. The Balaban J connectivity index is 1.82. The first-order valence-corrected chi connectivity index (χ1v) is 6.54. The molecule has 0 bridgehead atoms. The molecule has 1 aliphatic rings. The maximum Gasteiger partial charge on any atom is 0.224 e. The zero-order valence-electron chi connectivity index (χ0n) is 8.98. The summed E-state index contributed by atoms with van der Waals surface area (Å²) >= 11 is 1.84.